The molecule has 0 saturated heterocycles. The Morgan fingerprint density at radius 2 is 1.71 bits per heavy atom. The highest BCUT2D eigenvalue weighted by Gasteiger charge is 2.00. The van der Waals surface area contributed by atoms with E-state index in [0.29, 0.717) is 16.4 Å². The number of halogens is 2. The molecule has 1 N–H and O–H groups in total. The van der Waals surface area contributed by atoms with Crippen molar-refractivity contribution >= 4 is 38.9 Å². The van der Waals surface area contributed by atoms with Crippen LogP contribution in [0.4, 0.5) is 11.4 Å². The molecular formula is C12H8BrClN2O. The summed E-state index contributed by atoms with van der Waals surface area (Å²) in [5.74, 6) is 0.0124. The highest BCUT2D eigenvalue weighted by Crippen LogP contribution is 2.30. The predicted octanol–water partition coefficient (Wildman–Crippen LogP) is 5.22. The van der Waals surface area contributed by atoms with Crippen LogP contribution in [0.15, 0.2) is 57.2 Å². The van der Waals surface area contributed by atoms with Crippen molar-refractivity contribution in [3.8, 4) is 5.75 Å². The molecule has 2 aromatic rings. The van der Waals surface area contributed by atoms with E-state index in [4.69, 9.17) is 11.6 Å². The van der Waals surface area contributed by atoms with Gasteiger partial charge in [0.1, 0.15) is 11.4 Å². The Hall–Kier alpha value is -1.39. The highest BCUT2D eigenvalue weighted by atomic mass is 79.9. The van der Waals surface area contributed by atoms with Gasteiger partial charge in [-0.15, -0.1) is 5.11 Å². The molecule has 0 aliphatic carbocycles. The molecule has 0 aromatic heterocycles. The summed E-state index contributed by atoms with van der Waals surface area (Å²) in [7, 11) is 0. The average Bonchev–Trinajstić information content (AvgIpc) is 2.30. The lowest BCUT2D eigenvalue weighted by Crippen LogP contribution is -1.69. The predicted molar refractivity (Wildman–Crippen MR) is 71.4 cm³/mol. The largest absolute Gasteiger partial charge is 0.506 e. The number of rotatable bonds is 2. The van der Waals surface area contributed by atoms with Crippen LogP contribution in [0.3, 0.4) is 0 Å². The van der Waals surface area contributed by atoms with Gasteiger partial charge in [0.15, 0.2) is 0 Å². The molecule has 17 heavy (non-hydrogen) atoms. The summed E-state index contributed by atoms with van der Waals surface area (Å²) in [5, 5.41) is 18.0. The molecule has 0 amide bonds. The first-order chi connectivity index (χ1) is 8.15. The second-order valence-corrected chi connectivity index (χ2v) is 4.66. The number of azo groups is 1. The van der Waals surface area contributed by atoms with Crippen LogP contribution in [0, 0.1) is 0 Å². The summed E-state index contributed by atoms with van der Waals surface area (Å²) in [4.78, 5) is 0. The summed E-state index contributed by atoms with van der Waals surface area (Å²) in [5.41, 5.74) is 1.10. The second kappa shape index (κ2) is 5.29. The molecule has 0 aliphatic rings. The average molecular weight is 312 g/mol. The summed E-state index contributed by atoms with van der Waals surface area (Å²) in [6.45, 7) is 0. The Morgan fingerprint density at radius 3 is 2.35 bits per heavy atom. The maximum absolute atomic E-state index is 9.57. The lowest BCUT2D eigenvalue weighted by molar-refractivity contribution is 0.476. The zero-order valence-corrected chi connectivity index (χ0v) is 11.0. The van der Waals surface area contributed by atoms with Crippen molar-refractivity contribution in [1.29, 1.82) is 0 Å². The number of phenolic OH excluding ortho intramolecular Hbond substituents is 1. The quantitative estimate of drug-likeness (QED) is 0.759. The Bertz CT molecular complexity index is 555. The van der Waals surface area contributed by atoms with E-state index in [1.807, 2.05) is 24.3 Å². The fraction of sp³-hybridized carbons (Fsp3) is 0. The van der Waals surface area contributed by atoms with Gasteiger partial charge >= 0.3 is 0 Å². The van der Waals surface area contributed by atoms with Gasteiger partial charge in [-0.1, -0.05) is 27.5 Å². The van der Waals surface area contributed by atoms with Crippen molar-refractivity contribution in [3.05, 3.63) is 52.0 Å². The molecule has 0 spiro atoms. The second-order valence-electron chi connectivity index (χ2n) is 3.31. The van der Waals surface area contributed by atoms with Crippen molar-refractivity contribution in [3.63, 3.8) is 0 Å². The van der Waals surface area contributed by atoms with Crippen LogP contribution in [0.25, 0.3) is 0 Å². The van der Waals surface area contributed by atoms with Gasteiger partial charge in [0.05, 0.1) is 5.69 Å². The first-order valence-corrected chi connectivity index (χ1v) is 5.98. The third-order valence-electron chi connectivity index (χ3n) is 2.04. The molecule has 0 atom stereocenters. The SMILES string of the molecule is Oc1cc(Cl)ccc1N=Nc1ccc(Br)cc1. The van der Waals surface area contributed by atoms with Gasteiger partial charge in [0.25, 0.3) is 0 Å². The van der Waals surface area contributed by atoms with E-state index in [-0.39, 0.29) is 5.75 Å². The monoisotopic (exact) mass is 310 g/mol. The number of nitrogens with zero attached hydrogens (tertiary/aromatic N) is 2. The van der Waals surface area contributed by atoms with Crippen LogP contribution in [0.2, 0.25) is 5.02 Å². The van der Waals surface area contributed by atoms with Crippen LogP contribution in [-0.2, 0) is 0 Å². The zero-order chi connectivity index (χ0) is 12.3. The Morgan fingerprint density at radius 1 is 1.00 bits per heavy atom. The number of benzene rings is 2. The topological polar surface area (TPSA) is 45.0 Å². The maximum atomic E-state index is 9.57. The third kappa shape index (κ3) is 3.28. The minimum absolute atomic E-state index is 0.0124. The van der Waals surface area contributed by atoms with Crippen molar-refractivity contribution in [1.82, 2.24) is 0 Å². The lowest BCUT2D eigenvalue weighted by atomic mass is 10.3. The molecule has 2 rings (SSSR count). The zero-order valence-electron chi connectivity index (χ0n) is 8.64. The minimum Gasteiger partial charge on any atom is -0.506 e. The van der Waals surface area contributed by atoms with E-state index in [1.165, 1.54) is 6.07 Å². The first-order valence-electron chi connectivity index (χ1n) is 4.81. The number of hydrogen-bond donors (Lipinski definition) is 1. The lowest BCUT2D eigenvalue weighted by Gasteiger charge is -1.98. The van der Waals surface area contributed by atoms with Crippen LogP contribution in [0.5, 0.6) is 5.75 Å². The molecule has 0 radical (unpaired) electrons. The molecule has 0 unspecified atom stereocenters. The molecule has 0 aliphatic heterocycles. The number of hydrogen-bond acceptors (Lipinski definition) is 3. The van der Waals surface area contributed by atoms with Gasteiger partial charge in [-0.3, -0.25) is 0 Å². The van der Waals surface area contributed by atoms with E-state index in [2.05, 4.69) is 26.2 Å². The molecule has 0 fully saturated rings. The van der Waals surface area contributed by atoms with Crippen LogP contribution in [-0.4, -0.2) is 5.11 Å². The van der Waals surface area contributed by atoms with Gasteiger partial charge in [-0.2, -0.15) is 5.11 Å². The van der Waals surface area contributed by atoms with Gasteiger partial charge in [-0.25, -0.2) is 0 Å². The van der Waals surface area contributed by atoms with Crippen LogP contribution in [0.1, 0.15) is 0 Å². The molecule has 3 nitrogen and oxygen atoms in total. The number of aromatic hydroxyl groups is 1. The van der Waals surface area contributed by atoms with Crippen molar-refractivity contribution in [2.75, 3.05) is 0 Å². The third-order valence-corrected chi connectivity index (χ3v) is 2.80. The Balaban J connectivity index is 2.23. The van der Waals surface area contributed by atoms with E-state index in [9.17, 15) is 5.11 Å². The van der Waals surface area contributed by atoms with Crippen molar-refractivity contribution in [2.45, 2.75) is 0 Å². The summed E-state index contributed by atoms with van der Waals surface area (Å²) >= 11 is 9.05. The standard InChI is InChI=1S/C12H8BrClN2O/c13-8-1-4-10(5-2-8)15-16-11-6-3-9(14)7-12(11)17/h1-7,17H. The van der Waals surface area contributed by atoms with E-state index < -0.39 is 0 Å². The molecular weight excluding hydrogens is 304 g/mol. The summed E-state index contributed by atoms with van der Waals surface area (Å²) in [6, 6.07) is 12.1. The Labute approximate surface area is 112 Å². The van der Waals surface area contributed by atoms with Gasteiger partial charge < -0.3 is 5.11 Å². The van der Waals surface area contributed by atoms with E-state index in [0.717, 1.165) is 4.47 Å². The first kappa shape index (κ1) is 12.1. The number of phenols is 1. The highest BCUT2D eigenvalue weighted by molar-refractivity contribution is 9.10. The van der Waals surface area contributed by atoms with E-state index >= 15 is 0 Å². The summed E-state index contributed by atoms with van der Waals surface area (Å²) < 4.78 is 0.978. The fourth-order valence-electron chi connectivity index (χ4n) is 1.20. The van der Waals surface area contributed by atoms with Gasteiger partial charge in [0.2, 0.25) is 0 Å². The van der Waals surface area contributed by atoms with Crippen molar-refractivity contribution in [2.24, 2.45) is 10.2 Å². The van der Waals surface area contributed by atoms with Crippen LogP contribution >= 0.6 is 27.5 Å². The molecule has 0 bridgehead atoms. The molecule has 0 saturated carbocycles. The van der Waals surface area contributed by atoms with Crippen molar-refractivity contribution < 1.29 is 5.11 Å². The van der Waals surface area contributed by atoms with Crippen LogP contribution < -0.4 is 0 Å². The normalized spacial score (nSPS) is 10.9. The fourth-order valence-corrected chi connectivity index (χ4v) is 1.63. The summed E-state index contributed by atoms with van der Waals surface area (Å²) in [6.07, 6.45) is 0. The molecule has 5 heteroatoms. The smallest absolute Gasteiger partial charge is 0.144 e. The molecule has 2 aromatic carbocycles. The van der Waals surface area contributed by atoms with E-state index in [1.54, 1.807) is 12.1 Å². The maximum Gasteiger partial charge on any atom is 0.144 e. The Kier molecular flexibility index (Phi) is 3.76. The van der Waals surface area contributed by atoms with Gasteiger partial charge in [0, 0.05) is 15.6 Å². The molecule has 0 heterocycles. The van der Waals surface area contributed by atoms with Gasteiger partial charge in [-0.05, 0) is 36.4 Å². The molecule has 86 valence electrons. The minimum atomic E-state index is 0.0124.